The predicted octanol–water partition coefficient (Wildman–Crippen LogP) is 4.15. The van der Waals surface area contributed by atoms with E-state index in [9.17, 15) is 0 Å². The number of aromatic nitrogens is 2. The van der Waals surface area contributed by atoms with Gasteiger partial charge >= 0.3 is 0 Å². The summed E-state index contributed by atoms with van der Waals surface area (Å²) in [7, 11) is 0. The fourth-order valence-corrected chi connectivity index (χ4v) is 3.29. The number of hydrogen-bond donors (Lipinski definition) is 2. The van der Waals surface area contributed by atoms with E-state index in [-0.39, 0.29) is 5.41 Å². The number of fused-ring (bicyclic) bond motifs is 1. The normalized spacial score (nSPS) is 20.5. The first-order chi connectivity index (χ1) is 9.48. The summed E-state index contributed by atoms with van der Waals surface area (Å²) in [5, 5.41) is 4.59. The van der Waals surface area contributed by atoms with Gasteiger partial charge < -0.3 is 10.3 Å². The molecule has 0 saturated carbocycles. The number of H-pyrrole nitrogens is 1. The van der Waals surface area contributed by atoms with Crippen molar-refractivity contribution >= 4 is 34.2 Å². The second-order valence-electron chi connectivity index (χ2n) is 6.13. The maximum Gasteiger partial charge on any atom is 0.113 e. The zero-order valence-corrected chi connectivity index (χ0v) is 13.3. The maximum atomic E-state index is 6.07. The molecule has 0 radical (unpaired) electrons. The molecule has 3 nitrogen and oxygen atoms in total. The molecule has 1 saturated heterocycles. The van der Waals surface area contributed by atoms with Gasteiger partial charge in [0.15, 0.2) is 0 Å². The second-order valence-corrected chi connectivity index (χ2v) is 6.95. The third-order valence-electron chi connectivity index (χ3n) is 4.45. The first-order valence-corrected chi connectivity index (χ1v) is 7.80. The number of imidazole rings is 1. The number of aromatic amines is 1. The molecule has 1 atom stereocenters. The van der Waals surface area contributed by atoms with E-state index in [1.807, 2.05) is 12.1 Å². The molecule has 20 heavy (non-hydrogen) atoms. The quantitative estimate of drug-likeness (QED) is 0.874. The SMILES string of the molecule is CC(C)(c1nc2cc(Cl)c(Cl)cc2[nH]1)C1CCCNC1. The van der Waals surface area contributed by atoms with Gasteiger partial charge in [0.1, 0.15) is 5.82 Å². The molecule has 2 aromatic rings. The fraction of sp³-hybridized carbons (Fsp3) is 0.533. The number of benzene rings is 1. The summed E-state index contributed by atoms with van der Waals surface area (Å²) in [5.41, 5.74) is 1.84. The van der Waals surface area contributed by atoms with Crippen molar-refractivity contribution in [3.05, 3.63) is 28.0 Å². The van der Waals surface area contributed by atoms with Crippen molar-refractivity contribution in [3.63, 3.8) is 0 Å². The lowest BCUT2D eigenvalue weighted by Crippen LogP contribution is -2.41. The number of piperidine rings is 1. The Morgan fingerprint density at radius 2 is 2.00 bits per heavy atom. The minimum absolute atomic E-state index is 0.00535. The number of halogens is 2. The van der Waals surface area contributed by atoms with Crippen LogP contribution in [-0.4, -0.2) is 23.1 Å². The van der Waals surface area contributed by atoms with Crippen molar-refractivity contribution < 1.29 is 0 Å². The summed E-state index contributed by atoms with van der Waals surface area (Å²) in [5.74, 6) is 1.60. The summed E-state index contributed by atoms with van der Waals surface area (Å²) in [6.45, 7) is 6.68. The highest BCUT2D eigenvalue weighted by molar-refractivity contribution is 6.42. The van der Waals surface area contributed by atoms with Crippen molar-refractivity contribution in [3.8, 4) is 0 Å². The Kier molecular flexibility index (Phi) is 3.69. The topological polar surface area (TPSA) is 40.7 Å². The number of rotatable bonds is 2. The average Bonchev–Trinajstić information content (AvgIpc) is 2.84. The minimum Gasteiger partial charge on any atom is -0.341 e. The summed E-state index contributed by atoms with van der Waals surface area (Å²) < 4.78 is 0. The Morgan fingerprint density at radius 1 is 1.25 bits per heavy atom. The van der Waals surface area contributed by atoms with E-state index in [0.717, 1.165) is 29.9 Å². The second kappa shape index (κ2) is 5.21. The van der Waals surface area contributed by atoms with Gasteiger partial charge in [-0.25, -0.2) is 4.98 Å². The van der Waals surface area contributed by atoms with Crippen molar-refractivity contribution in [2.24, 2.45) is 5.92 Å². The standard InChI is InChI=1S/C15H19Cl2N3/c1-15(2,9-4-3-5-18-8-9)14-19-12-6-10(16)11(17)7-13(12)20-14/h6-7,9,18H,3-5,8H2,1-2H3,(H,19,20). The summed E-state index contributed by atoms with van der Waals surface area (Å²) in [6, 6.07) is 3.68. The lowest BCUT2D eigenvalue weighted by atomic mass is 9.74. The van der Waals surface area contributed by atoms with Gasteiger partial charge in [-0.2, -0.15) is 0 Å². The molecule has 1 unspecified atom stereocenters. The van der Waals surface area contributed by atoms with Crippen LogP contribution in [0.2, 0.25) is 10.0 Å². The molecule has 1 aromatic heterocycles. The predicted molar refractivity (Wildman–Crippen MR) is 84.7 cm³/mol. The monoisotopic (exact) mass is 311 g/mol. The Bertz CT molecular complexity index is 588. The molecule has 0 aliphatic carbocycles. The minimum atomic E-state index is 0.00535. The van der Waals surface area contributed by atoms with Gasteiger partial charge in [-0.15, -0.1) is 0 Å². The Balaban J connectivity index is 2.00. The van der Waals surface area contributed by atoms with Gasteiger partial charge in [-0.1, -0.05) is 37.0 Å². The Labute approximate surface area is 129 Å². The first kappa shape index (κ1) is 14.2. The van der Waals surface area contributed by atoms with Gasteiger partial charge in [0.25, 0.3) is 0 Å². The van der Waals surface area contributed by atoms with E-state index in [1.165, 1.54) is 12.8 Å². The molecule has 0 bridgehead atoms. The molecular weight excluding hydrogens is 293 g/mol. The van der Waals surface area contributed by atoms with Crippen LogP contribution in [0.15, 0.2) is 12.1 Å². The molecule has 1 aliphatic heterocycles. The van der Waals surface area contributed by atoms with Crippen LogP contribution in [0.1, 0.15) is 32.5 Å². The molecule has 5 heteroatoms. The summed E-state index contributed by atoms with van der Waals surface area (Å²) >= 11 is 12.1. The zero-order chi connectivity index (χ0) is 14.3. The van der Waals surface area contributed by atoms with Crippen LogP contribution in [0.4, 0.5) is 0 Å². The molecule has 1 fully saturated rings. The molecule has 2 heterocycles. The van der Waals surface area contributed by atoms with Crippen molar-refractivity contribution in [2.75, 3.05) is 13.1 Å². The van der Waals surface area contributed by atoms with Gasteiger partial charge in [0, 0.05) is 5.41 Å². The lowest BCUT2D eigenvalue weighted by molar-refractivity contribution is 0.243. The average molecular weight is 312 g/mol. The highest BCUT2D eigenvalue weighted by Crippen LogP contribution is 2.36. The number of nitrogens with zero attached hydrogens (tertiary/aromatic N) is 1. The van der Waals surface area contributed by atoms with Crippen LogP contribution in [0.3, 0.4) is 0 Å². The van der Waals surface area contributed by atoms with Gasteiger partial charge in [-0.3, -0.25) is 0 Å². The fourth-order valence-electron chi connectivity index (χ4n) is 2.97. The van der Waals surface area contributed by atoms with Crippen molar-refractivity contribution in [2.45, 2.75) is 32.1 Å². The molecule has 108 valence electrons. The molecule has 1 aliphatic rings. The highest BCUT2D eigenvalue weighted by atomic mass is 35.5. The van der Waals surface area contributed by atoms with E-state index >= 15 is 0 Å². The third kappa shape index (κ3) is 2.43. The zero-order valence-electron chi connectivity index (χ0n) is 11.8. The van der Waals surface area contributed by atoms with Crippen molar-refractivity contribution in [1.82, 2.24) is 15.3 Å². The smallest absolute Gasteiger partial charge is 0.113 e. The third-order valence-corrected chi connectivity index (χ3v) is 5.17. The van der Waals surface area contributed by atoms with Crippen LogP contribution in [0, 0.1) is 5.92 Å². The largest absolute Gasteiger partial charge is 0.341 e. The van der Waals surface area contributed by atoms with Crippen LogP contribution in [-0.2, 0) is 5.41 Å². The van der Waals surface area contributed by atoms with Crippen LogP contribution < -0.4 is 5.32 Å². The van der Waals surface area contributed by atoms with E-state index in [4.69, 9.17) is 28.2 Å². The molecule has 1 aromatic carbocycles. The maximum absolute atomic E-state index is 6.07. The van der Waals surface area contributed by atoms with Gasteiger partial charge in [0.2, 0.25) is 0 Å². The van der Waals surface area contributed by atoms with Crippen LogP contribution in [0.25, 0.3) is 11.0 Å². The van der Waals surface area contributed by atoms with Crippen LogP contribution >= 0.6 is 23.2 Å². The van der Waals surface area contributed by atoms with E-state index in [0.29, 0.717) is 16.0 Å². The Hall–Kier alpha value is -0.770. The molecular formula is C15H19Cl2N3. The molecule has 3 rings (SSSR count). The lowest BCUT2D eigenvalue weighted by Gasteiger charge is -2.35. The van der Waals surface area contributed by atoms with Gasteiger partial charge in [-0.05, 0) is 44.0 Å². The van der Waals surface area contributed by atoms with Crippen LogP contribution in [0.5, 0.6) is 0 Å². The van der Waals surface area contributed by atoms with Crippen molar-refractivity contribution in [1.29, 1.82) is 0 Å². The molecule has 2 N–H and O–H groups in total. The molecule has 0 spiro atoms. The van der Waals surface area contributed by atoms with E-state index < -0.39 is 0 Å². The summed E-state index contributed by atoms with van der Waals surface area (Å²) in [4.78, 5) is 8.15. The van der Waals surface area contributed by atoms with E-state index in [1.54, 1.807) is 0 Å². The summed E-state index contributed by atoms with van der Waals surface area (Å²) in [6.07, 6.45) is 2.46. The first-order valence-electron chi connectivity index (χ1n) is 7.04. The number of nitrogens with one attached hydrogen (secondary N) is 2. The molecule has 0 amide bonds. The highest BCUT2D eigenvalue weighted by Gasteiger charge is 2.34. The Morgan fingerprint density at radius 3 is 2.70 bits per heavy atom. The van der Waals surface area contributed by atoms with E-state index in [2.05, 4.69) is 24.1 Å². The van der Waals surface area contributed by atoms with Gasteiger partial charge in [0.05, 0.1) is 21.1 Å². The number of hydrogen-bond acceptors (Lipinski definition) is 2.